The van der Waals surface area contributed by atoms with Crippen LogP contribution in [-0.2, 0) is 9.59 Å². The summed E-state index contributed by atoms with van der Waals surface area (Å²) in [4.78, 5) is 26.5. The zero-order chi connectivity index (χ0) is 14.4. The van der Waals surface area contributed by atoms with Crippen molar-refractivity contribution in [1.29, 1.82) is 0 Å². The zero-order valence-corrected chi connectivity index (χ0v) is 11.4. The first-order valence-corrected chi connectivity index (χ1v) is 6.44. The molecule has 0 aliphatic carbocycles. The summed E-state index contributed by atoms with van der Waals surface area (Å²) in [7, 11) is 0. The predicted molar refractivity (Wildman–Crippen MR) is 73.7 cm³/mol. The Morgan fingerprint density at radius 2 is 1.89 bits per heavy atom. The molecule has 106 valence electrons. The number of carbonyl (C=O) groups excluding carboxylic acids is 1. The monoisotopic (exact) mass is 266 g/mol. The van der Waals surface area contributed by atoms with E-state index >= 15 is 0 Å². The average Bonchev–Trinajstić information content (AvgIpc) is 2.31. The molecule has 0 radical (unpaired) electrons. The maximum absolute atomic E-state index is 12.0. The van der Waals surface area contributed by atoms with Crippen molar-refractivity contribution in [3.63, 3.8) is 0 Å². The number of amides is 1. The van der Waals surface area contributed by atoms with Crippen LogP contribution in [0, 0.1) is 11.8 Å². The van der Waals surface area contributed by atoms with Gasteiger partial charge in [0.15, 0.2) is 0 Å². The molecule has 0 aromatic rings. The molecular weight excluding hydrogens is 244 g/mol. The van der Waals surface area contributed by atoms with E-state index in [0.717, 1.165) is 0 Å². The van der Waals surface area contributed by atoms with Gasteiger partial charge < -0.3 is 10.0 Å². The molecule has 1 N–H and O–H groups in total. The number of hydrogen-bond donors (Lipinski definition) is 1. The first kappa shape index (κ1) is 15.4. The third-order valence-corrected chi connectivity index (χ3v) is 3.49. The number of carbonyl (C=O) groups is 2. The molecule has 5 heteroatoms. The molecule has 0 saturated carbocycles. The van der Waals surface area contributed by atoms with Crippen LogP contribution in [0.1, 0.15) is 6.92 Å². The Morgan fingerprint density at radius 1 is 1.37 bits per heavy atom. The molecule has 0 spiro atoms. The van der Waals surface area contributed by atoms with Crippen molar-refractivity contribution in [2.75, 3.05) is 32.7 Å². The maximum atomic E-state index is 12.0. The van der Waals surface area contributed by atoms with E-state index in [1.807, 2.05) is 4.90 Å². The quantitative estimate of drug-likeness (QED) is 0.661. The van der Waals surface area contributed by atoms with Gasteiger partial charge in [-0.3, -0.25) is 14.5 Å². The summed E-state index contributed by atoms with van der Waals surface area (Å²) in [6.07, 6.45) is 3.37. The van der Waals surface area contributed by atoms with Crippen LogP contribution in [0.25, 0.3) is 0 Å². The Balaban J connectivity index is 2.37. The Labute approximate surface area is 114 Å². The van der Waals surface area contributed by atoms with Crippen molar-refractivity contribution in [1.82, 2.24) is 9.80 Å². The maximum Gasteiger partial charge on any atom is 0.306 e. The first-order valence-electron chi connectivity index (χ1n) is 6.44. The highest BCUT2D eigenvalue weighted by Gasteiger charge is 2.35. The number of nitrogens with zero attached hydrogens (tertiary/aromatic N) is 2. The van der Waals surface area contributed by atoms with E-state index in [1.54, 1.807) is 24.0 Å². The topological polar surface area (TPSA) is 60.9 Å². The molecule has 0 aromatic heterocycles. The van der Waals surface area contributed by atoms with E-state index in [1.165, 1.54) is 0 Å². The highest BCUT2D eigenvalue weighted by Crippen LogP contribution is 2.23. The van der Waals surface area contributed by atoms with E-state index < -0.39 is 5.97 Å². The lowest BCUT2D eigenvalue weighted by Gasteiger charge is -2.41. The first-order chi connectivity index (χ1) is 8.99. The van der Waals surface area contributed by atoms with Crippen LogP contribution < -0.4 is 0 Å². The van der Waals surface area contributed by atoms with Crippen molar-refractivity contribution >= 4 is 11.9 Å². The number of likely N-dealkylation sites (tertiary alicyclic amines) is 1. The third-order valence-electron chi connectivity index (χ3n) is 3.49. The highest BCUT2D eigenvalue weighted by atomic mass is 16.4. The second-order valence-corrected chi connectivity index (χ2v) is 4.96. The van der Waals surface area contributed by atoms with E-state index in [9.17, 15) is 9.59 Å². The average molecular weight is 266 g/mol. The molecule has 1 amide bonds. The van der Waals surface area contributed by atoms with Gasteiger partial charge in [0, 0.05) is 26.2 Å². The highest BCUT2D eigenvalue weighted by molar-refractivity contribution is 5.78. The summed E-state index contributed by atoms with van der Waals surface area (Å²) in [5.74, 6) is -0.932. The molecule has 1 unspecified atom stereocenters. The van der Waals surface area contributed by atoms with Crippen LogP contribution >= 0.6 is 0 Å². The number of rotatable bonds is 8. The molecule has 0 aromatic carbocycles. The van der Waals surface area contributed by atoms with E-state index in [-0.39, 0.29) is 17.7 Å². The Hall–Kier alpha value is -1.62. The van der Waals surface area contributed by atoms with Gasteiger partial charge in [-0.25, -0.2) is 0 Å². The van der Waals surface area contributed by atoms with Gasteiger partial charge in [0.1, 0.15) is 0 Å². The van der Waals surface area contributed by atoms with Crippen molar-refractivity contribution < 1.29 is 14.7 Å². The minimum Gasteiger partial charge on any atom is -0.481 e. The second kappa shape index (κ2) is 7.09. The van der Waals surface area contributed by atoms with Crippen LogP contribution in [0.15, 0.2) is 25.3 Å². The summed E-state index contributed by atoms with van der Waals surface area (Å²) < 4.78 is 0. The normalized spacial score (nSPS) is 17.3. The van der Waals surface area contributed by atoms with Crippen molar-refractivity contribution in [2.45, 2.75) is 6.92 Å². The summed E-state index contributed by atoms with van der Waals surface area (Å²) >= 11 is 0. The van der Waals surface area contributed by atoms with Gasteiger partial charge in [-0.15, -0.1) is 13.2 Å². The summed E-state index contributed by atoms with van der Waals surface area (Å²) in [6, 6.07) is 0. The summed E-state index contributed by atoms with van der Waals surface area (Å²) in [5.41, 5.74) is 0. The van der Waals surface area contributed by atoms with E-state index in [4.69, 9.17) is 5.11 Å². The molecule has 1 heterocycles. The zero-order valence-electron chi connectivity index (χ0n) is 11.4. The standard InChI is InChI=1S/C14H22N2O3/c1-4-6-16(7-5-2)13(17)10-15-8-12(9-15)11(3)14(18)19/h4-5,11-12H,1-2,6-10H2,3H3,(H,18,19). The minimum atomic E-state index is -0.768. The van der Waals surface area contributed by atoms with Crippen LogP contribution in [0.4, 0.5) is 0 Å². The number of hydrogen-bond acceptors (Lipinski definition) is 3. The fourth-order valence-electron chi connectivity index (χ4n) is 2.14. The molecule has 1 fully saturated rings. The van der Waals surface area contributed by atoms with Crippen LogP contribution in [0.3, 0.4) is 0 Å². The van der Waals surface area contributed by atoms with Crippen molar-refractivity contribution in [3.8, 4) is 0 Å². The Morgan fingerprint density at radius 3 is 2.32 bits per heavy atom. The number of carboxylic acid groups (broad SMARTS) is 1. The van der Waals surface area contributed by atoms with Gasteiger partial charge in [-0.2, -0.15) is 0 Å². The van der Waals surface area contributed by atoms with Gasteiger partial charge in [0.25, 0.3) is 0 Å². The summed E-state index contributed by atoms with van der Waals surface area (Å²) in [5, 5.41) is 8.90. The molecule has 1 saturated heterocycles. The molecule has 1 aliphatic heterocycles. The Kier molecular flexibility index (Phi) is 5.76. The lowest BCUT2D eigenvalue weighted by Crippen LogP contribution is -2.54. The van der Waals surface area contributed by atoms with Crippen molar-refractivity contribution in [2.24, 2.45) is 11.8 Å². The summed E-state index contributed by atoms with van der Waals surface area (Å²) in [6.45, 7) is 11.7. The van der Waals surface area contributed by atoms with Gasteiger partial charge >= 0.3 is 5.97 Å². The lowest BCUT2D eigenvalue weighted by atomic mass is 9.87. The largest absolute Gasteiger partial charge is 0.481 e. The molecule has 5 nitrogen and oxygen atoms in total. The lowest BCUT2D eigenvalue weighted by molar-refractivity contribution is -0.146. The van der Waals surface area contributed by atoms with Crippen LogP contribution in [0.2, 0.25) is 0 Å². The molecule has 19 heavy (non-hydrogen) atoms. The van der Waals surface area contributed by atoms with Crippen LogP contribution in [0.5, 0.6) is 0 Å². The molecule has 1 rings (SSSR count). The fraction of sp³-hybridized carbons (Fsp3) is 0.571. The van der Waals surface area contributed by atoms with Gasteiger partial charge in [-0.05, 0) is 5.92 Å². The van der Waals surface area contributed by atoms with Gasteiger partial charge in [-0.1, -0.05) is 19.1 Å². The SMILES string of the molecule is C=CCN(CC=C)C(=O)CN1CC(C(C)C(=O)O)C1. The fourth-order valence-corrected chi connectivity index (χ4v) is 2.14. The van der Waals surface area contributed by atoms with E-state index in [0.29, 0.717) is 32.7 Å². The van der Waals surface area contributed by atoms with Crippen LogP contribution in [-0.4, -0.2) is 59.5 Å². The van der Waals surface area contributed by atoms with Gasteiger partial charge in [0.05, 0.1) is 12.5 Å². The smallest absolute Gasteiger partial charge is 0.306 e. The second-order valence-electron chi connectivity index (χ2n) is 4.96. The van der Waals surface area contributed by atoms with Crippen molar-refractivity contribution in [3.05, 3.63) is 25.3 Å². The van der Waals surface area contributed by atoms with Gasteiger partial charge in [0.2, 0.25) is 5.91 Å². The molecule has 1 aliphatic rings. The molecule has 0 bridgehead atoms. The predicted octanol–water partition coefficient (Wildman–Crippen LogP) is 0.839. The minimum absolute atomic E-state index is 0.0289. The number of aliphatic carboxylic acids is 1. The van der Waals surface area contributed by atoms with E-state index in [2.05, 4.69) is 13.2 Å². The third kappa shape index (κ3) is 4.21. The Bertz CT molecular complexity index is 352. The molecular formula is C14H22N2O3. The number of carboxylic acids is 1. The molecule has 1 atom stereocenters.